The van der Waals surface area contributed by atoms with Gasteiger partial charge in [-0.15, -0.1) is 0 Å². The lowest BCUT2D eigenvalue weighted by Gasteiger charge is -2.12. The Morgan fingerprint density at radius 2 is 2.50 bits per heavy atom. The maximum Gasteiger partial charge on any atom is 0.220 e. The molecule has 0 saturated carbocycles. The van der Waals surface area contributed by atoms with Gasteiger partial charge in [0.15, 0.2) is 0 Å². The molecule has 1 amide bonds. The topological polar surface area (TPSA) is 52.3 Å². The van der Waals surface area contributed by atoms with Crippen molar-refractivity contribution in [3.63, 3.8) is 0 Å². The lowest BCUT2D eigenvalue weighted by atomic mass is 9.93. The molecule has 1 unspecified atom stereocenters. The molecule has 3 heteroatoms. The number of carbonyl (C=O) groups is 1. The number of carbonyl (C=O) groups excluding carboxylic acids is 1. The molecule has 1 rings (SSSR count). The number of rotatable bonds is 2. The number of hydrogen-bond donors (Lipinski definition) is 1. The van der Waals surface area contributed by atoms with Gasteiger partial charge in [-0.25, -0.2) is 0 Å². The van der Waals surface area contributed by atoms with Gasteiger partial charge in [0, 0.05) is 12.5 Å². The van der Waals surface area contributed by atoms with Crippen LogP contribution in [0.1, 0.15) is 13.3 Å². The third-order valence-corrected chi connectivity index (χ3v) is 2.12. The van der Waals surface area contributed by atoms with E-state index in [-0.39, 0.29) is 11.8 Å². The molecule has 2 atom stereocenters. The molecule has 0 aromatic carbocycles. The summed E-state index contributed by atoms with van der Waals surface area (Å²) in [6.45, 7) is 3.34. The van der Waals surface area contributed by atoms with Crippen LogP contribution in [0, 0.1) is 11.8 Å². The highest BCUT2D eigenvalue weighted by Gasteiger charge is 2.25. The van der Waals surface area contributed by atoms with Gasteiger partial charge in [-0.05, 0) is 12.3 Å². The highest BCUT2D eigenvalue weighted by Crippen LogP contribution is 2.20. The predicted octanol–water partition coefficient (Wildman–Crippen LogP) is 0.144. The van der Waals surface area contributed by atoms with Gasteiger partial charge in [0.1, 0.15) is 0 Å². The monoisotopic (exact) mass is 143 g/mol. The normalized spacial score (nSPS) is 28.3. The first-order valence-electron chi connectivity index (χ1n) is 3.59. The first kappa shape index (κ1) is 7.54. The Morgan fingerprint density at radius 3 is 2.90 bits per heavy atom. The average Bonchev–Trinajstić information content (AvgIpc) is 2.36. The van der Waals surface area contributed by atoms with Crippen LogP contribution in [0.4, 0.5) is 0 Å². The largest absolute Gasteiger partial charge is 0.381 e. The Balaban J connectivity index is 2.39. The second kappa shape index (κ2) is 3.01. The molecule has 0 aromatic heterocycles. The van der Waals surface area contributed by atoms with Crippen molar-refractivity contribution < 1.29 is 9.53 Å². The SMILES string of the molecule is CC(C(N)=O)[C@H]1CCOC1. The van der Waals surface area contributed by atoms with E-state index >= 15 is 0 Å². The average molecular weight is 143 g/mol. The van der Waals surface area contributed by atoms with Gasteiger partial charge in [-0.1, -0.05) is 6.92 Å². The third-order valence-electron chi connectivity index (χ3n) is 2.12. The fraction of sp³-hybridized carbons (Fsp3) is 0.857. The van der Waals surface area contributed by atoms with Crippen LogP contribution in [-0.4, -0.2) is 19.1 Å². The van der Waals surface area contributed by atoms with E-state index in [0.717, 1.165) is 13.0 Å². The van der Waals surface area contributed by atoms with Gasteiger partial charge in [0.05, 0.1) is 6.61 Å². The summed E-state index contributed by atoms with van der Waals surface area (Å²) >= 11 is 0. The number of primary amides is 1. The smallest absolute Gasteiger partial charge is 0.220 e. The molecule has 0 bridgehead atoms. The Kier molecular flexibility index (Phi) is 2.27. The highest BCUT2D eigenvalue weighted by molar-refractivity contribution is 5.76. The lowest BCUT2D eigenvalue weighted by molar-refractivity contribution is -0.122. The molecule has 1 heterocycles. The number of ether oxygens (including phenoxy) is 1. The molecular formula is C7H13NO2. The summed E-state index contributed by atoms with van der Waals surface area (Å²) in [5, 5.41) is 0. The van der Waals surface area contributed by atoms with Crippen LogP contribution in [0.15, 0.2) is 0 Å². The molecule has 0 aliphatic carbocycles. The van der Waals surface area contributed by atoms with Crippen molar-refractivity contribution in [2.45, 2.75) is 13.3 Å². The van der Waals surface area contributed by atoms with Gasteiger partial charge < -0.3 is 10.5 Å². The third kappa shape index (κ3) is 1.48. The number of nitrogens with two attached hydrogens (primary N) is 1. The fourth-order valence-electron chi connectivity index (χ4n) is 1.18. The zero-order chi connectivity index (χ0) is 7.56. The molecule has 1 aliphatic rings. The minimum Gasteiger partial charge on any atom is -0.381 e. The van der Waals surface area contributed by atoms with Crippen LogP contribution < -0.4 is 5.73 Å². The minimum atomic E-state index is -0.212. The van der Waals surface area contributed by atoms with E-state index in [1.54, 1.807) is 0 Å². The van der Waals surface area contributed by atoms with Crippen molar-refractivity contribution >= 4 is 5.91 Å². The van der Waals surface area contributed by atoms with E-state index in [1.165, 1.54) is 0 Å². The molecular weight excluding hydrogens is 130 g/mol. The second-order valence-electron chi connectivity index (χ2n) is 2.81. The molecule has 0 spiro atoms. The molecule has 2 N–H and O–H groups in total. The van der Waals surface area contributed by atoms with E-state index in [4.69, 9.17) is 10.5 Å². The first-order chi connectivity index (χ1) is 4.72. The summed E-state index contributed by atoms with van der Waals surface area (Å²) in [4.78, 5) is 10.7. The lowest BCUT2D eigenvalue weighted by Crippen LogP contribution is -2.27. The van der Waals surface area contributed by atoms with E-state index in [0.29, 0.717) is 12.5 Å². The van der Waals surface area contributed by atoms with Crippen molar-refractivity contribution in [1.29, 1.82) is 0 Å². The summed E-state index contributed by atoms with van der Waals surface area (Å²) < 4.78 is 5.12. The quantitative estimate of drug-likeness (QED) is 0.598. The summed E-state index contributed by atoms with van der Waals surface area (Å²) in [6, 6.07) is 0. The van der Waals surface area contributed by atoms with Crippen molar-refractivity contribution in [3.05, 3.63) is 0 Å². The first-order valence-corrected chi connectivity index (χ1v) is 3.59. The molecule has 10 heavy (non-hydrogen) atoms. The second-order valence-corrected chi connectivity index (χ2v) is 2.81. The van der Waals surface area contributed by atoms with Gasteiger partial charge in [-0.2, -0.15) is 0 Å². The number of amides is 1. The Morgan fingerprint density at radius 1 is 1.80 bits per heavy atom. The fourth-order valence-corrected chi connectivity index (χ4v) is 1.18. The molecule has 3 nitrogen and oxygen atoms in total. The van der Waals surface area contributed by atoms with Crippen LogP contribution in [-0.2, 0) is 9.53 Å². The van der Waals surface area contributed by atoms with Crippen molar-refractivity contribution in [2.75, 3.05) is 13.2 Å². The minimum absolute atomic E-state index is 0.0255. The Bertz CT molecular complexity index is 130. The predicted molar refractivity (Wildman–Crippen MR) is 37.3 cm³/mol. The molecule has 0 aromatic rings. The van der Waals surface area contributed by atoms with Crippen molar-refractivity contribution in [2.24, 2.45) is 17.6 Å². The molecule has 1 fully saturated rings. The molecule has 0 radical (unpaired) electrons. The maximum atomic E-state index is 10.7. The van der Waals surface area contributed by atoms with Crippen molar-refractivity contribution in [3.8, 4) is 0 Å². The summed E-state index contributed by atoms with van der Waals surface area (Å²) in [6.07, 6.45) is 0.976. The summed E-state index contributed by atoms with van der Waals surface area (Å²) in [7, 11) is 0. The van der Waals surface area contributed by atoms with E-state index in [9.17, 15) is 4.79 Å². The summed E-state index contributed by atoms with van der Waals surface area (Å²) in [5.74, 6) is 0.121. The maximum absolute atomic E-state index is 10.7. The Labute approximate surface area is 60.5 Å². The summed E-state index contributed by atoms with van der Waals surface area (Å²) in [5.41, 5.74) is 5.12. The number of hydrogen-bond acceptors (Lipinski definition) is 2. The van der Waals surface area contributed by atoms with Gasteiger partial charge in [-0.3, -0.25) is 4.79 Å². The zero-order valence-electron chi connectivity index (χ0n) is 6.17. The van der Waals surface area contributed by atoms with E-state index < -0.39 is 0 Å². The van der Waals surface area contributed by atoms with Crippen LogP contribution in [0.2, 0.25) is 0 Å². The van der Waals surface area contributed by atoms with Crippen LogP contribution in [0.3, 0.4) is 0 Å². The van der Waals surface area contributed by atoms with E-state index in [2.05, 4.69) is 0 Å². The van der Waals surface area contributed by atoms with Crippen LogP contribution >= 0.6 is 0 Å². The zero-order valence-corrected chi connectivity index (χ0v) is 6.17. The van der Waals surface area contributed by atoms with Gasteiger partial charge in [0.2, 0.25) is 5.91 Å². The van der Waals surface area contributed by atoms with Gasteiger partial charge in [0.25, 0.3) is 0 Å². The highest BCUT2D eigenvalue weighted by atomic mass is 16.5. The Hall–Kier alpha value is -0.570. The van der Waals surface area contributed by atoms with Crippen LogP contribution in [0.5, 0.6) is 0 Å². The van der Waals surface area contributed by atoms with Gasteiger partial charge >= 0.3 is 0 Å². The van der Waals surface area contributed by atoms with E-state index in [1.807, 2.05) is 6.92 Å². The molecule has 1 aliphatic heterocycles. The standard InChI is InChI=1S/C7H13NO2/c1-5(7(8)9)6-2-3-10-4-6/h5-6H,2-4H2,1H3,(H2,8,9)/t5?,6-/m0/s1. The van der Waals surface area contributed by atoms with Crippen LogP contribution in [0.25, 0.3) is 0 Å². The molecule has 1 saturated heterocycles. The van der Waals surface area contributed by atoms with Crippen molar-refractivity contribution in [1.82, 2.24) is 0 Å². The molecule has 58 valence electrons.